The first-order valence-electron chi connectivity index (χ1n) is 7.07. The highest BCUT2D eigenvalue weighted by atomic mass is 16.5. The van der Waals surface area contributed by atoms with E-state index in [0.717, 1.165) is 43.8 Å². The summed E-state index contributed by atoms with van der Waals surface area (Å²) in [6.45, 7) is 6.57. The minimum atomic E-state index is -0.147. The highest BCUT2D eigenvalue weighted by Gasteiger charge is 2.21. The van der Waals surface area contributed by atoms with Gasteiger partial charge in [0.15, 0.2) is 0 Å². The van der Waals surface area contributed by atoms with E-state index < -0.39 is 0 Å². The summed E-state index contributed by atoms with van der Waals surface area (Å²) in [5.41, 5.74) is 7.65. The number of hydrogen-bond donors (Lipinski definition) is 2. The molecule has 1 aliphatic heterocycles. The number of nitrogens with zero attached hydrogens (tertiary/aromatic N) is 1. The Hall–Kier alpha value is -1.26. The third-order valence-electron chi connectivity index (χ3n) is 3.65. The van der Waals surface area contributed by atoms with Crippen molar-refractivity contribution in [1.82, 2.24) is 0 Å². The molecule has 19 heavy (non-hydrogen) atoms. The van der Waals surface area contributed by atoms with Crippen molar-refractivity contribution in [3.8, 4) is 5.75 Å². The minimum absolute atomic E-state index is 0.147. The Bertz CT molecular complexity index is 419. The lowest BCUT2D eigenvalue weighted by Gasteiger charge is -2.34. The molecule has 2 atom stereocenters. The Labute approximate surface area is 115 Å². The molecule has 3 N–H and O–H groups in total. The van der Waals surface area contributed by atoms with Gasteiger partial charge in [-0.3, -0.25) is 0 Å². The summed E-state index contributed by atoms with van der Waals surface area (Å²) in [5.74, 6) is 0.283. The van der Waals surface area contributed by atoms with Crippen molar-refractivity contribution < 1.29 is 9.84 Å². The standard InChI is InChI=1S/C15H24N2O2/c1-3-19-13-5-4-8-17(10-13)12-6-7-14(11(2)16)15(18)9-12/h6-7,9,11,13,18H,3-5,8,10,16H2,1-2H3. The smallest absolute Gasteiger partial charge is 0.122 e. The van der Waals surface area contributed by atoms with E-state index in [4.69, 9.17) is 10.5 Å². The van der Waals surface area contributed by atoms with E-state index in [1.165, 1.54) is 0 Å². The fourth-order valence-corrected chi connectivity index (χ4v) is 2.66. The first kappa shape index (κ1) is 14.2. The number of hydrogen-bond acceptors (Lipinski definition) is 4. The van der Waals surface area contributed by atoms with Gasteiger partial charge in [0, 0.05) is 43.1 Å². The average Bonchev–Trinajstić information content (AvgIpc) is 2.39. The number of phenolic OH excluding ortho intramolecular Hbond substituents is 1. The van der Waals surface area contributed by atoms with Crippen LogP contribution in [-0.2, 0) is 4.74 Å². The summed E-state index contributed by atoms with van der Waals surface area (Å²) in [6, 6.07) is 5.62. The van der Waals surface area contributed by atoms with Gasteiger partial charge in [0.1, 0.15) is 5.75 Å². The highest BCUT2D eigenvalue weighted by Crippen LogP contribution is 2.29. The number of ether oxygens (including phenoxy) is 1. The zero-order chi connectivity index (χ0) is 13.8. The van der Waals surface area contributed by atoms with Crippen LogP contribution >= 0.6 is 0 Å². The summed E-state index contributed by atoms with van der Waals surface area (Å²) < 4.78 is 5.70. The number of anilines is 1. The minimum Gasteiger partial charge on any atom is -0.508 e. The highest BCUT2D eigenvalue weighted by molar-refractivity contribution is 5.54. The molecule has 1 fully saturated rings. The van der Waals surface area contributed by atoms with Gasteiger partial charge in [-0.1, -0.05) is 6.07 Å². The predicted molar refractivity (Wildman–Crippen MR) is 77.6 cm³/mol. The van der Waals surface area contributed by atoms with Gasteiger partial charge in [0.2, 0.25) is 0 Å². The van der Waals surface area contributed by atoms with Crippen molar-refractivity contribution in [2.75, 3.05) is 24.6 Å². The molecule has 1 aliphatic rings. The van der Waals surface area contributed by atoms with Crippen LogP contribution in [0.15, 0.2) is 18.2 Å². The second-order valence-corrected chi connectivity index (χ2v) is 5.20. The maximum Gasteiger partial charge on any atom is 0.122 e. The van der Waals surface area contributed by atoms with Gasteiger partial charge in [-0.2, -0.15) is 0 Å². The van der Waals surface area contributed by atoms with Crippen molar-refractivity contribution in [1.29, 1.82) is 0 Å². The molecule has 0 aliphatic carbocycles. The molecule has 1 saturated heterocycles. The van der Waals surface area contributed by atoms with E-state index in [1.54, 1.807) is 0 Å². The number of phenols is 1. The van der Waals surface area contributed by atoms with Crippen LogP contribution in [0, 0.1) is 0 Å². The van der Waals surface area contributed by atoms with Gasteiger partial charge in [0.05, 0.1) is 6.10 Å². The maximum absolute atomic E-state index is 10.0. The van der Waals surface area contributed by atoms with Crippen LogP contribution in [0.2, 0.25) is 0 Å². The Morgan fingerprint density at radius 2 is 2.32 bits per heavy atom. The van der Waals surface area contributed by atoms with Crippen molar-refractivity contribution in [2.24, 2.45) is 5.73 Å². The number of piperidine rings is 1. The second kappa shape index (κ2) is 6.26. The van der Waals surface area contributed by atoms with Crippen molar-refractivity contribution >= 4 is 5.69 Å². The Balaban J connectivity index is 2.11. The molecule has 0 radical (unpaired) electrons. The third kappa shape index (κ3) is 3.39. The van der Waals surface area contributed by atoms with Crippen LogP contribution in [0.5, 0.6) is 5.75 Å². The van der Waals surface area contributed by atoms with Crippen LogP contribution in [0.25, 0.3) is 0 Å². The molecule has 1 heterocycles. The van der Waals surface area contributed by atoms with Gasteiger partial charge in [-0.25, -0.2) is 0 Å². The lowest BCUT2D eigenvalue weighted by atomic mass is 10.0. The zero-order valence-corrected chi connectivity index (χ0v) is 11.8. The Kier molecular flexibility index (Phi) is 4.66. The summed E-state index contributed by atoms with van der Waals surface area (Å²) in [4.78, 5) is 2.27. The largest absolute Gasteiger partial charge is 0.508 e. The first-order valence-corrected chi connectivity index (χ1v) is 7.07. The molecule has 0 aromatic heterocycles. The lowest BCUT2D eigenvalue weighted by Crippen LogP contribution is -2.39. The van der Waals surface area contributed by atoms with E-state index in [-0.39, 0.29) is 11.8 Å². The molecule has 4 nitrogen and oxygen atoms in total. The summed E-state index contributed by atoms with van der Waals surface area (Å²) in [6.07, 6.45) is 2.54. The molecule has 1 aromatic carbocycles. The van der Waals surface area contributed by atoms with Crippen molar-refractivity contribution in [2.45, 2.75) is 38.8 Å². The van der Waals surface area contributed by atoms with Gasteiger partial charge < -0.3 is 20.5 Å². The van der Waals surface area contributed by atoms with E-state index in [0.29, 0.717) is 6.10 Å². The molecular weight excluding hydrogens is 240 g/mol. The molecule has 0 amide bonds. The van der Waals surface area contributed by atoms with Gasteiger partial charge >= 0.3 is 0 Å². The predicted octanol–water partition coefficient (Wildman–Crippen LogP) is 2.42. The SMILES string of the molecule is CCOC1CCCN(c2ccc(C(C)N)c(O)c2)C1. The number of benzene rings is 1. The fraction of sp³-hybridized carbons (Fsp3) is 0.600. The fourth-order valence-electron chi connectivity index (χ4n) is 2.66. The Morgan fingerprint density at radius 1 is 1.53 bits per heavy atom. The quantitative estimate of drug-likeness (QED) is 0.877. The topological polar surface area (TPSA) is 58.7 Å². The second-order valence-electron chi connectivity index (χ2n) is 5.20. The van der Waals surface area contributed by atoms with Gasteiger partial charge in [0.25, 0.3) is 0 Å². The molecule has 106 valence electrons. The third-order valence-corrected chi connectivity index (χ3v) is 3.65. The van der Waals surface area contributed by atoms with Gasteiger partial charge in [-0.05, 0) is 32.8 Å². The molecule has 0 spiro atoms. The van der Waals surface area contributed by atoms with Crippen LogP contribution in [0.3, 0.4) is 0 Å². The van der Waals surface area contributed by atoms with Crippen LogP contribution in [-0.4, -0.2) is 30.9 Å². The molecule has 1 aromatic rings. The molecule has 2 unspecified atom stereocenters. The van der Waals surface area contributed by atoms with E-state index in [1.807, 2.05) is 32.0 Å². The van der Waals surface area contributed by atoms with Gasteiger partial charge in [-0.15, -0.1) is 0 Å². The number of aromatic hydroxyl groups is 1. The molecule has 4 heteroatoms. The molecule has 0 bridgehead atoms. The maximum atomic E-state index is 10.0. The van der Waals surface area contributed by atoms with E-state index in [2.05, 4.69) is 4.90 Å². The van der Waals surface area contributed by atoms with Crippen LogP contribution in [0.4, 0.5) is 5.69 Å². The Morgan fingerprint density at radius 3 is 2.95 bits per heavy atom. The molecule has 0 saturated carbocycles. The van der Waals surface area contributed by atoms with Crippen LogP contribution < -0.4 is 10.6 Å². The summed E-state index contributed by atoms with van der Waals surface area (Å²) >= 11 is 0. The van der Waals surface area contributed by atoms with Crippen molar-refractivity contribution in [3.05, 3.63) is 23.8 Å². The normalized spacial score (nSPS) is 21.4. The number of nitrogens with two attached hydrogens (primary N) is 1. The van der Waals surface area contributed by atoms with E-state index in [9.17, 15) is 5.11 Å². The van der Waals surface area contributed by atoms with Crippen molar-refractivity contribution in [3.63, 3.8) is 0 Å². The lowest BCUT2D eigenvalue weighted by molar-refractivity contribution is 0.0526. The number of rotatable bonds is 4. The van der Waals surface area contributed by atoms with E-state index >= 15 is 0 Å². The van der Waals surface area contributed by atoms with Crippen LogP contribution in [0.1, 0.15) is 38.3 Å². The first-order chi connectivity index (χ1) is 9.11. The summed E-state index contributed by atoms with van der Waals surface area (Å²) in [5, 5.41) is 10.0. The average molecular weight is 264 g/mol. The summed E-state index contributed by atoms with van der Waals surface area (Å²) in [7, 11) is 0. The molecular formula is C15H24N2O2. The molecule has 2 rings (SSSR count). The monoisotopic (exact) mass is 264 g/mol. The zero-order valence-electron chi connectivity index (χ0n) is 11.8.